The second-order valence-electron chi connectivity index (χ2n) is 9.29. The van der Waals surface area contributed by atoms with Crippen LogP contribution in [0.1, 0.15) is 44.1 Å². The van der Waals surface area contributed by atoms with Crippen molar-refractivity contribution in [2.75, 3.05) is 31.3 Å². The van der Waals surface area contributed by atoms with Gasteiger partial charge in [-0.3, -0.25) is 14.6 Å². The molecule has 0 spiro atoms. The molecule has 1 aliphatic rings. The Hall–Kier alpha value is -4.06. The van der Waals surface area contributed by atoms with Crippen LogP contribution in [-0.2, 0) is 14.5 Å². The van der Waals surface area contributed by atoms with Gasteiger partial charge in [0.15, 0.2) is 17.3 Å². The molecule has 1 unspecified atom stereocenters. The molecule has 0 radical (unpaired) electrons. The normalized spacial score (nSPS) is 14.3. The fraction of sp³-hybridized carbons (Fsp3) is 0.370. The van der Waals surface area contributed by atoms with Crippen LogP contribution in [0.5, 0.6) is 5.75 Å². The number of pyridine rings is 1. The predicted octanol–water partition coefficient (Wildman–Crippen LogP) is 4.25. The number of hydrogen-bond acceptors (Lipinski definition) is 9. The summed E-state index contributed by atoms with van der Waals surface area (Å²) in [6, 6.07) is 10.6. The van der Waals surface area contributed by atoms with Gasteiger partial charge in [-0.2, -0.15) is 0 Å². The molecular weight excluding hydrogens is 518 g/mol. The Labute approximate surface area is 228 Å². The molecule has 206 valence electrons. The number of aromatic nitrogens is 3. The molecule has 1 fully saturated rings. The van der Waals surface area contributed by atoms with E-state index in [1.807, 2.05) is 32.9 Å². The second kappa shape index (κ2) is 11.8. The lowest BCUT2D eigenvalue weighted by Gasteiger charge is -2.17. The van der Waals surface area contributed by atoms with Crippen LogP contribution >= 0.6 is 0 Å². The summed E-state index contributed by atoms with van der Waals surface area (Å²) in [5.74, 6) is 0.139. The number of benzene rings is 1. The van der Waals surface area contributed by atoms with E-state index in [-0.39, 0.29) is 28.6 Å². The highest BCUT2D eigenvalue weighted by Crippen LogP contribution is 2.38. The van der Waals surface area contributed by atoms with Crippen molar-refractivity contribution in [3.05, 3.63) is 48.3 Å². The van der Waals surface area contributed by atoms with Gasteiger partial charge < -0.3 is 20.7 Å². The number of nitrogens with one attached hydrogen (secondary N) is 3. The molecule has 3 N–H and O–H groups in total. The molecular formula is C27H33N7O4S. The molecule has 3 aromatic rings. The lowest BCUT2D eigenvalue weighted by atomic mass is 10.1. The quantitative estimate of drug-likeness (QED) is 0.339. The number of rotatable bonds is 10. The monoisotopic (exact) mass is 551 g/mol. The van der Waals surface area contributed by atoms with Crippen LogP contribution in [0.15, 0.2) is 51.9 Å². The third-order valence-corrected chi connectivity index (χ3v) is 9.07. The van der Waals surface area contributed by atoms with Gasteiger partial charge in [-0.05, 0) is 57.9 Å². The van der Waals surface area contributed by atoms with E-state index in [2.05, 4.69) is 35.5 Å². The molecule has 12 heteroatoms. The van der Waals surface area contributed by atoms with Crippen LogP contribution < -0.4 is 20.7 Å². The first-order valence-corrected chi connectivity index (χ1v) is 14.3. The van der Waals surface area contributed by atoms with Gasteiger partial charge in [0.1, 0.15) is 0 Å². The van der Waals surface area contributed by atoms with Crippen molar-refractivity contribution in [2.45, 2.75) is 43.8 Å². The zero-order valence-electron chi connectivity index (χ0n) is 22.6. The van der Waals surface area contributed by atoms with Crippen molar-refractivity contribution in [1.29, 1.82) is 0 Å². The minimum Gasteiger partial charge on any atom is -0.494 e. The van der Waals surface area contributed by atoms with E-state index in [4.69, 9.17) is 4.74 Å². The topological polar surface area (TPSA) is 148 Å². The molecule has 1 saturated carbocycles. The van der Waals surface area contributed by atoms with Gasteiger partial charge >= 0.3 is 0 Å². The summed E-state index contributed by atoms with van der Waals surface area (Å²) in [7, 11) is 0.446. The Morgan fingerprint density at radius 3 is 2.51 bits per heavy atom. The van der Waals surface area contributed by atoms with E-state index in [0.29, 0.717) is 39.8 Å². The standard InChI is InChI=1S/C27H33N7O4S/c1-6-30-39(37,16(2)3)18-12-13-20(29-15-18)19-8-7-9-21(25(19)38-5)31-22-14-23(32-26(35)17-10-11-17)33-34-24(22)27(36)28-4/h7-9,12-17H,6,10-11H2,1-5H3,(H,28,36)(H2,31,32,33,35). The van der Waals surface area contributed by atoms with Crippen molar-refractivity contribution in [1.82, 2.24) is 20.5 Å². The highest BCUT2D eigenvalue weighted by molar-refractivity contribution is 7.94. The van der Waals surface area contributed by atoms with E-state index in [1.54, 1.807) is 30.5 Å². The molecule has 1 aromatic carbocycles. The zero-order chi connectivity index (χ0) is 28.2. The largest absolute Gasteiger partial charge is 0.494 e. The smallest absolute Gasteiger partial charge is 0.273 e. The predicted molar refractivity (Wildman–Crippen MR) is 151 cm³/mol. The van der Waals surface area contributed by atoms with Crippen LogP contribution in [0.4, 0.5) is 17.2 Å². The number of carbonyl (C=O) groups excluding carboxylic acids is 2. The average molecular weight is 552 g/mol. The molecule has 2 aromatic heterocycles. The second-order valence-corrected chi connectivity index (χ2v) is 12.1. The Kier molecular flexibility index (Phi) is 8.44. The molecule has 2 heterocycles. The molecule has 0 saturated heterocycles. The van der Waals surface area contributed by atoms with Crippen molar-refractivity contribution in [2.24, 2.45) is 10.3 Å². The van der Waals surface area contributed by atoms with E-state index in [1.165, 1.54) is 14.2 Å². The van der Waals surface area contributed by atoms with Gasteiger partial charge in [0, 0.05) is 42.6 Å². The number of ether oxygens (including phenoxy) is 1. The molecule has 39 heavy (non-hydrogen) atoms. The molecule has 0 bridgehead atoms. The first-order chi connectivity index (χ1) is 18.7. The zero-order valence-corrected chi connectivity index (χ0v) is 23.5. The van der Waals surface area contributed by atoms with E-state index in [0.717, 1.165) is 12.8 Å². The minimum absolute atomic E-state index is 0.0120. The minimum atomic E-state index is -2.59. The third-order valence-electron chi connectivity index (χ3n) is 6.23. The van der Waals surface area contributed by atoms with Crippen LogP contribution in [0.2, 0.25) is 0 Å². The van der Waals surface area contributed by atoms with Crippen molar-refractivity contribution >= 4 is 38.7 Å². The molecule has 11 nitrogen and oxygen atoms in total. The Bertz CT molecular complexity index is 1490. The maximum atomic E-state index is 13.5. The van der Waals surface area contributed by atoms with Crippen LogP contribution in [0.25, 0.3) is 11.3 Å². The van der Waals surface area contributed by atoms with Gasteiger partial charge in [0.2, 0.25) is 5.91 Å². The van der Waals surface area contributed by atoms with Crippen molar-refractivity contribution in [3.63, 3.8) is 0 Å². The van der Waals surface area contributed by atoms with Crippen LogP contribution in [-0.4, -0.2) is 57.2 Å². The summed E-state index contributed by atoms with van der Waals surface area (Å²) in [6.45, 7) is 6.09. The fourth-order valence-corrected chi connectivity index (χ4v) is 5.85. The maximum absolute atomic E-state index is 13.5. The Morgan fingerprint density at radius 1 is 1.15 bits per heavy atom. The molecule has 0 aliphatic heterocycles. The lowest BCUT2D eigenvalue weighted by Crippen LogP contribution is -2.22. The SMILES string of the molecule is CCN=S(=O)(c1ccc(-c2cccc(Nc3cc(NC(=O)C4CC4)nnc3C(=O)NC)c2OC)nc1)C(C)C. The number of hydrogen-bond donors (Lipinski definition) is 3. The number of nitrogens with zero attached hydrogens (tertiary/aromatic N) is 4. The highest BCUT2D eigenvalue weighted by Gasteiger charge is 2.30. The van der Waals surface area contributed by atoms with Crippen molar-refractivity contribution < 1.29 is 18.5 Å². The van der Waals surface area contributed by atoms with E-state index in [9.17, 15) is 13.8 Å². The maximum Gasteiger partial charge on any atom is 0.273 e. The fourth-order valence-electron chi connectivity index (χ4n) is 4.01. The number of anilines is 3. The summed E-state index contributed by atoms with van der Waals surface area (Å²) < 4.78 is 23.6. The first-order valence-electron chi connectivity index (χ1n) is 12.7. The first kappa shape index (κ1) is 28.0. The van der Waals surface area contributed by atoms with E-state index >= 15 is 0 Å². The average Bonchev–Trinajstić information content (AvgIpc) is 3.79. The van der Waals surface area contributed by atoms with Crippen LogP contribution in [0.3, 0.4) is 0 Å². The molecule has 4 rings (SSSR count). The van der Waals surface area contributed by atoms with Crippen molar-refractivity contribution in [3.8, 4) is 17.0 Å². The number of amides is 2. The van der Waals surface area contributed by atoms with Gasteiger partial charge in [-0.1, -0.05) is 6.07 Å². The van der Waals surface area contributed by atoms with Gasteiger partial charge in [0.25, 0.3) is 5.91 Å². The summed E-state index contributed by atoms with van der Waals surface area (Å²) >= 11 is 0. The molecule has 1 atom stereocenters. The molecule has 2 amide bonds. The lowest BCUT2D eigenvalue weighted by molar-refractivity contribution is -0.117. The number of methoxy groups -OCH3 is 1. The van der Waals surface area contributed by atoms with E-state index < -0.39 is 15.6 Å². The highest BCUT2D eigenvalue weighted by atomic mass is 32.2. The Balaban J connectivity index is 1.70. The van der Waals surface area contributed by atoms with Crippen LogP contribution in [0, 0.1) is 5.92 Å². The Morgan fingerprint density at radius 2 is 1.92 bits per heavy atom. The summed E-state index contributed by atoms with van der Waals surface area (Å²) in [6.07, 6.45) is 3.30. The number of para-hydroxylation sites is 1. The summed E-state index contributed by atoms with van der Waals surface area (Å²) in [5, 5.41) is 16.4. The van der Waals surface area contributed by atoms with Gasteiger partial charge in [-0.25, -0.2) is 8.57 Å². The summed E-state index contributed by atoms with van der Waals surface area (Å²) in [4.78, 5) is 29.9. The van der Waals surface area contributed by atoms with Gasteiger partial charge in [0.05, 0.1) is 38.8 Å². The molecule has 1 aliphatic carbocycles. The third kappa shape index (κ3) is 6.00. The van der Waals surface area contributed by atoms with Gasteiger partial charge in [-0.15, -0.1) is 10.2 Å². The number of carbonyl (C=O) groups is 2. The summed E-state index contributed by atoms with van der Waals surface area (Å²) in [5.41, 5.74) is 2.24.